The Hall–Kier alpha value is -1.88. The lowest BCUT2D eigenvalue weighted by Gasteiger charge is -2.22. The second-order valence-corrected chi connectivity index (χ2v) is 4.70. The normalized spacial score (nSPS) is 16.4. The monoisotopic (exact) mass is 280 g/mol. The molecule has 0 aliphatic carbocycles. The highest BCUT2D eigenvalue weighted by Crippen LogP contribution is 2.26. The molecule has 1 heterocycles. The molecule has 1 aromatic rings. The fourth-order valence-corrected chi connectivity index (χ4v) is 2.08. The van der Waals surface area contributed by atoms with Gasteiger partial charge in [0.2, 0.25) is 0 Å². The van der Waals surface area contributed by atoms with Crippen LogP contribution in [0.4, 0.5) is 4.39 Å². The fourth-order valence-electron chi connectivity index (χ4n) is 2.08. The van der Waals surface area contributed by atoms with Gasteiger partial charge in [0.25, 0.3) is 0 Å². The summed E-state index contributed by atoms with van der Waals surface area (Å²) in [5, 5.41) is 8.63. The van der Waals surface area contributed by atoms with Crippen molar-refractivity contribution in [3.05, 3.63) is 35.7 Å². The molecule has 1 aliphatic rings. The van der Waals surface area contributed by atoms with Gasteiger partial charge in [-0.3, -0.25) is 0 Å². The summed E-state index contributed by atoms with van der Waals surface area (Å²) in [6.07, 6.45) is 4.10. The number of hydrogen-bond donors (Lipinski definition) is 1. The maximum atomic E-state index is 13.8. The molecular weight excluding hydrogens is 263 g/mol. The van der Waals surface area contributed by atoms with Crippen molar-refractivity contribution in [2.24, 2.45) is 5.92 Å². The van der Waals surface area contributed by atoms with Crippen LogP contribution in [0.3, 0.4) is 0 Å². The molecule has 1 aromatic carbocycles. The quantitative estimate of drug-likeness (QED) is 0.843. The number of aliphatic carboxylic acids is 1. The van der Waals surface area contributed by atoms with E-state index in [0.717, 1.165) is 18.9 Å². The van der Waals surface area contributed by atoms with E-state index in [1.54, 1.807) is 6.07 Å². The molecule has 2 rings (SSSR count). The highest BCUT2D eigenvalue weighted by Gasteiger charge is 2.16. The summed E-state index contributed by atoms with van der Waals surface area (Å²) in [5.74, 6) is -1.11. The van der Waals surface area contributed by atoms with E-state index in [1.165, 1.54) is 18.2 Å². The molecule has 0 saturated carbocycles. The fraction of sp³-hybridized carbons (Fsp3) is 0.400. The first-order valence-electron chi connectivity index (χ1n) is 6.57. The van der Waals surface area contributed by atoms with Crippen molar-refractivity contribution >= 4 is 12.0 Å². The molecule has 1 N–H and O–H groups in total. The molecular formula is C15H17FO4. The van der Waals surface area contributed by atoms with Crippen LogP contribution in [0.5, 0.6) is 5.75 Å². The summed E-state index contributed by atoms with van der Waals surface area (Å²) in [7, 11) is 0. The lowest BCUT2D eigenvalue weighted by atomic mass is 10.0. The summed E-state index contributed by atoms with van der Waals surface area (Å²) in [6, 6.07) is 4.46. The summed E-state index contributed by atoms with van der Waals surface area (Å²) < 4.78 is 24.6. The molecule has 1 aliphatic heterocycles. The number of carboxylic acids is 1. The molecule has 0 aromatic heterocycles. The van der Waals surface area contributed by atoms with Crippen molar-refractivity contribution in [2.75, 3.05) is 19.8 Å². The molecule has 0 bridgehead atoms. The lowest BCUT2D eigenvalue weighted by Crippen LogP contribution is -2.21. The summed E-state index contributed by atoms with van der Waals surface area (Å²) >= 11 is 0. The summed E-state index contributed by atoms with van der Waals surface area (Å²) in [4.78, 5) is 10.5. The number of halogens is 1. The van der Waals surface area contributed by atoms with E-state index >= 15 is 0 Å². The van der Waals surface area contributed by atoms with Crippen molar-refractivity contribution in [3.8, 4) is 5.75 Å². The molecule has 1 fully saturated rings. The minimum absolute atomic E-state index is 0.108. The second kappa shape index (κ2) is 7.05. The predicted molar refractivity (Wildman–Crippen MR) is 72.1 cm³/mol. The zero-order valence-corrected chi connectivity index (χ0v) is 11.0. The van der Waals surface area contributed by atoms with Crippen LogP contribution < -0.4 is 4.74 Å². The van der Waals surface area contributed by atoms with Crippen LogP contribution in [0.1, 0.15) is 18.4 Å². The molecule has 1 saturated heterocycles. The Morgan fingerprint density at radius 1 is 1.45 bits per heavy atom. The minimum atomic E-state index is -1.08. The third-order valence-corrected chi connectivity index (χ3v) is 3.21. The van der Waals surface area contributed by atoms with Gasteiger partial charge in [-0.2, -0.15) is 0 Å². The SMILES string of the molecule is O=C(O)/C=C/c1cccc(F)c1OCC1CCOCC1. The minimum Gasteiger partial charge on any atom is -0.490 e. The third-order valence-electron chi connectivity index (χ3n) is 3.21. The van der Waals surface area contributed by atoms with Crippen LogP contribution >= 0.6 is 0 Å². The number of hydrogen-bond acceptors (Lipinski definition) is 3. The van der Waals surface area contributed by atoms with E-state index in [-0.39, 0.29) is 5.75 Å². The van der Waals surface area contributed by atoms with Gasteiger partial charge >= 0.3 is 5.97 Å². The van der Waals surface area contributed by atoms with Gasteiger partial charge in [0.1, 0.15) is 0 Å². The predicted octanol–water partition coefficient (Wildman–Crippen LogP) is 2.73. The Balaban J connectivity index is 2.06. The number of rotatable bonds is 5. The van der Waals surface area contributed by atoms with Crippen LogP contribution in [0.15, 0.2) is 24.3 Å². The molecule has 0 unspecified atom stereocenters. The van der Waals surface area contributed by atoms with E-state index in [0.29, 0.717) is 31.3 Å². The van der Waals surface area contributed by atoms with Crippen molar-refractivity contribution < 1.29 is 23.8 Å². The zero-order valence-electron chi connectivity index (χ0n) is 11.0. The maximum Gasteiger partial charge on any atom is 0.328 e. The molecule has 0 amide bonds. The van der Waals surface area contributed by atoms with Crippen LogP contribution in [-0.2, 0) is 9.53 Å². The van der Waals surface area contributed by atoms with Gasteiger partial charge in [-0.15, -0.1) is 0 Å². The number of carboxylic acid groups (broad SMARTS) is 1. The number of para-hydroxylation sites is 1. The number of carbonyl (C=O) groups is 1. The molecule has 0 atom stereocenters. The lowest BCUT2D eigenvalue weighted by molar-refractivity contribution is -0.131. The summed E-state index contributed by atoms with van der Waals surface area (Å²) in [5.41, 5.74) is 0.430. The third kappa shape index (κ3) is 4.06. The molecule has 0 spiro atoms. The van der Waals surface area contributed by atoms with Crippen LogP contribution in [0, 0.1) is 11.7 Å². The number of ether oxygens (including phenoxy) is 2. The van der Waals surface area contributed by atoms with E-state index in [4.69, 9.17) is 14.6 Å². The average molecular weight is 280 g/mol. The Morgan fingerprint density at radius 3 is 2.90 bits per heavy atom. The molecule has 5 heteroatoms. The van der Waals surface area contributed by atoms with Crippen LogP contribution in [0.25, 0.3) is 6.08 Å². The van der Waals surface area contributed by atoms with Gasteiger partial charge in [-0.1, -0.05) is 12.1 Å². The highest BCUT2D eigenvalue weighted by atomic mass is 19.1. The standard InChI is InChI=1S/C15H17FO4/c16-13-3-1-2-12(4-5-14(17)18)15(13)20-10-11-6-8-19-9-7-11/h1-5,11H,6-10H2,(H,17,18)/b5-4+. The number of benzene rings is 1. The highest BCUT2D eigenvalue weighted by molar-refractivity contribution is 5.85. The van der Waals surface area contributed by atoms with Gasteiger partial charge in [0.05, 0.1) is 6.61 Å². The van der Waals surface area contributed by atoms with Crippen molar-refractivity contribution in [1.82, 2.24) is 0 Å². The molecule has 4 nitrogen and oxygen atoms in total. The van der Waals surface area contributed by atoms with Gasteiger partial charge < -0.3 is 14.6 Å². The van der Waals surface area contributed by atoms with Gasteiger partial charge in [0.15, 0.2) is 11.6 Å². The first kappa shape index (κ1) is 14.5. The smallest absolute Gasteiger partial charge is 0.328 e. The van der Waals surface area contributed by atoms with Crippen LogP contribution in [0.2, 0.25) is 0 Å². The Kier molecular flexibility index (Phi) is 5.12. The zero-order chi connectivity index (χ0) is 14.4. The molecule has 108 valence electrons. The van der Waals surface area contributed by atoms with Crippen molar-refractivity contribution in [3.63, 3.8) is 0 Å². The van der Waals surface area contributed by atoms with E-state index < -0.39 is 11.8 Å². The van der Waals surface area contributed by atoms with E-state index in [2.05, 4.69) is 0 Å². The van der Waals surface area contributed by atoms with Crippen molar-refractivity contribution in [2.45, 2.75) is 12.8 Å². The largest absolute Gasteiger partial charge is 0.490 e. The van der Waals surface area contributed by atoms with Gasteiger partial charge in [-0.05, 0) is 30.9 Å². The van der Waals surface area contributed by atoms with Gasteiger partial charge in [0, 0.05) is 24.9 Å². The topological polar surface area (TPSA) is 55.8 Å². The van der Waals surface area contributed by atoms with E-state index in [9.17, 15) is 9.18 Å². The van der Waals surface area contributed by atoms with E-state index in [1.807, 2.05) is 0 Å². The van der Waals surface area contributed by atoms with Crippen LogP contribution in [-0.4, -0.2) is 30.9 Å². The maximum absolute atomic E-state index is 13.8. The van der Waals surface area contributed by atoms with Gasteiger partial charge in [-0.25, -0.2) is 9.18 Å². The Labute approximate surface area is 116 Å². The Bertz CT molecular complexity index is 493. The summed E-state index contributed by atoms with van der Waals surface area (Å²) in [6.45, 7) is 1.83. The first-order chi connectivity index (χ1) is 9.66. The van der Waals surface area contributed by atoms with Crippen molar-refractivity contribution in [1.29, 1.82) is 0 Å². The molecule has 20 heavy (non-hydrogen) atoms. The Morgan fingerprint density at radius 2 is 2.20 bits per heavy atom. The molecule has 0 radical (unpaired) electrons. The first-order valence-corrected chi connectivity index (χ1v) is 6.57. The average Bonchev–Trinajstić information content (AvgIpc) is 2.45. The second-order valence-electron chi connectivity index (χ2n) is 4.70.